The molecule has 0 bridgehead atoms. The number of carbonyl (C=O) groups excluding carboxylic acids is 1. The second kappa shape index (κ2) is 5.48. The fourth-order valence-corrected chi connectivity index (χ4v) is 3.37. The number of likely N-dealkylation sites (tertiary alicyclic amines) is 1. The lowest BCUT2D eigenvalue weighted by Crippen LogP contribution is -2.31. The summed E-state index contributed by atoms with van der Waals surface area (Å²) >= 11 is 6.00. The third-order valence-corrected chi connectivity index (χ3v) is 4.56. The average Bonchev–Trinajstić information content (AvgIpc) is 3.23. The van der Waals surface area contributed by atoms with Gasteiger partial charge in [-0.1, -0.05) is 11.6 Å². The van der Waals surface area contributed by atoms with E-state index in [0.717, 1.165) is 18.5 Å². The van der Waals surface area contributed by atoms with Gasteiger partial charge in [-0.25, -0.2) is 9.50 Å². The topological polar surface area (TPSA) is 99.2 Å². The summed E-state index contributed by atoms with van der Waals surface area (Å²) in [4.78, 5) is 30.9. The van der Waals surface area contributed by atoms with Crippen molar-refractivity contribution in [1.82, 2.24) is 29.7 Å². The highest BCUT2D eigenvalue weighted by Gasteiger charge is 2.33. The van der Waals surface area contributed by atoms with Crippen LogP contribution in [0.25, 0.3) is 5.65 Å². The number of nitrogens with zero attached hydrogens (tertiary/aromatic N) is 4. The molecule has 8 nitrogen and oxygen atoms in total. The van der Waals surface area contributed by atoms with Crippen LogP contribution >= 0.6 is 11.6 Å². The van der Waals surface area contributed by atoms with Crippen LogP contribution < -0.4 is 5.56 Å². The Hall–Kier alpha value is -2.61. The van der Waals surface area contributed by atoms with E-state index in [9.17, 15) is 9.59 Å². The van der Waals surface area contributed by atoms with Gasteiger partial charge in [0.15, 0.2) is 5.65 Å². The monoisotopic (exact) mass is 346 g/mol. The molecule has 2 N–H and O–H groups in total. The highest BCUT2D eigenvalue weighted by atomic mass is 35.5. The van der Waals surface area contributed by atoms with Crippen molar-refractivity contribution >= 4 is 23.2 Å². The molecule has 1 aliphatic heterocycles. The van der Waals surface area contributed by atoms with E-state index >= 15 is 0 Å². The van der Waals surface area contributed by atoms with Gasteiger partial charge in [0, 0.05) is 24.4 Å². The van der Waals surface area contributed by atoms with E-state index in [-0.39, 0.29) is 23.2 Å². The molecule has 0 radical (unpaired) electrons. The first kappa shape index (κ1) is 14.9. The maximum atomic E-state index is 12.7. The normalized spacial score (nSPS) is 17.8. The summed E-state index contributed by atoms with van der Waals surface area (Å²) in [7, 11) is 0. The molecule has 1 amide bonds. The Morgan fingerprint density at radius 3 is 3.00 bits per heavy atom. The number of rotatable bonds is 2. The van der Waals surface area contributed by atoms with Gasteiger partial charge in [-0.3, -0.25) is 19.8 Å². The number of aromatic amines is 2. The summed E-state index contributed by atoms with van der Waals surface area (Å²) in [5, 5.41) is 9.82. The third kappa shape index (κ3) is 2.30. The fraction of sp³-hybridized carbons (Fsp3) is 0.333. The maximum absolute atomic E-state index is 12.7. The minimum Gasteiger partial charge on any atom is -0.329 e. The predicted octanol–water partition coefficient (Wildman–Crippen LogP) is 1.68. The Labute approximate surface area is 141 Å². The van der Waals surface area contributed by atoms with Gasteiger partial charge < -0.3 is 4.90 Å². The van der Waals surface area contributed by atoms with Crippen LogP contribution in [0, 0.1) is 6.92 Å². The van der Waals surface area contributed by atoms with Crippen LogP contribution in [0.2, 0.25) is 5.02 Å². The number of halogens is 1. The molecule has 1 aliphatic rings. The van der Waals surface area contributed by atoms with Crippen molar-refractivity contribution in [2.75, 3.05) is 6.54 Å². The molecule has 4 heterocycles. The number of fused-ring (bicyclic) bond motifs is 1. The zero-order valence-corrected chi connectivity index (χ0v) is 13.7. The number of aryl methyl sites for hydroxylation is 1. The fourth-order valence-electron chi connectivity index (χ4n) is 3.20. The number of hydrogen-bond acceptors (Lipinski definition) is 4. The van der Waals surface area contributed by atoms with Crippen LogP contribution in [0.5, 0.6) is 0 Å². The molecular weight excluding hydrogens is 332 g/mol. The zero-order chi connectivity index (χ0) is 16.8. The predicted molar refractivity (Wildman–Crippen MR) is 87.2 cm³/mol. The van der Waals surface area contributed by atoms with Crippen LogP contribution in [0.4, 0.5) is 0 Å². The molecular formula is C15H15ClN6O2. The van der Waals surface area contributed by atoms with Gasteiger partial charge in [-0.15, -0.1) is 0 Å². The largest absolute Gasteiger partial charge is 0.329 e. The van der Waals surface area contributed by atoms with Crippen LogP contribution in [0.15, 0.2) is 23.1 Å². The van der Waals surface area contributed by atoms with E-state index in [0.29, 0.717) is 22.9 Å². The SMILES string of the molecule is Cc1cc(=O)n2[nH]c(C3CCCN3C(=O)c3[nH]ncc3Cl)cc2n1. The van der Waals surface area contributed by atoms with E-state index < -0.39 is 0 Å². The molecule has 124 valence electrons. The van der Waals surface area contributed by atoms with Crippen LogP contribution in [0.3, 0.4) is 0 Å². The molecule has 24 heavy (non-hydrogen) atoms. The Balaban J connectivity index is 1.73. The molecule has 1 unspecified atom stereocenters. The number of nitrogens with one attached hydrogen (secondary N) is 2. The van der Waals surface area contributed by atoms with Gasteiger partial charge >= 0.3 is 0 Å². The van der Waals surface area contributed by atoms with Crippen molar-refractivity contribution in [3.05, 3.63) is 50.8 Å². The van der Waals surface area contributed by atoms with Crippen molar-refractivity contribution < 1.29 is 4.79 Å². The van der Waals surface area contributed by atoms with Crippen molar-refractivity contribution in [2.24, 2.45) is 0 Å². The summed E-state index contributed by atoms with van der Waals surface area (Å²) in [6, 6.07) is 3.13. The molecule has 3 aromatic rings. The summed E-state index contributed by atoms with van der Waals surface area (Å²) in [6.07, 6.45) is 3.09. The van der Waals surface area contributed by atoms with Crippen molar-refractivity contribution in [1.29, 1.82) is 0 Å². The molecule has 4 rings (SSSR count). The quantitative estimate of drug-likeness (QED) is 0.737. The molecule has 1 saturated heterocycles. The van der Waals surface area contributed by atoms with E-state index in [1.807, 2.05) is 6.07 Å². The highest BCUT2D eigenvalue weighted by Crippen LogP contribution is 2.33. The molecule has 9 heteroatoms. The average molecular weight is 347 g/mol. The van der Waals surface area contributed by atoms with Crippen molar-refractivity contribution in [3.63, 3.8) is 0 Å². The Bertz CT molecular complexity index is 987. The summed E-state index contributed by atoms with van der Waals surface area (Å²) in [5.74, 6) is -0.199. The Morgan fingerprint density at radius 1 is 1.42 bits per heavy atom. The number of aromatic nitrogens is 5. The molecule has 1 fully saturated rings. The minimum absolute atomic E-state index is 0.154. The van der Waals surface area contributed by atoms with E-state index in [2.05, 4.69) is 20.3 Å². The van der Waals surface area contributed by atoms with Crippen LogP contribution in [-0.2, 0) is 0 Å². The van der Waals surface area contributed by atoms with Gasteiger partial charge in [0.25, 0.3) is 11.5 Å². The van der Waals surface area contributed by atoms with Gasteiger partial charge in [-0.2, -0.15) is 5.10 Å². The van der Waals surface area contributed by atoms with E-state index in [1.165, 1.54) is 16.8 Å². The molecule has 0 spiro atoms. The summed E-state index contributed by atoms with van der Waals surface area (Å²) in [5.41, 5.74) is 2.11. The number of carbonyl (C=O) groups is 1. The summed E-state index contributed by atoms with van der Waals surface area (Å²) in [6.45, 7) is 2.40. The Morgan fingerprint density at radius 2 is 2.25 bits per heavy atom. The first-order chi connectivity index (χ1) is 11.5. The number of hydrogen-bond donors (Lipinski definition) is 2. The maximum Gasteiger partial charge on any atom is 0.273 e. The van der Waals surface area contributed by atoms with Crippen molar-refractivity contribution in [3.8, 4) is 0 Å². The molecule has 0 saturated carbocycles. The lowest BCUT2D eigenvalue weighted by molar-refractivity contribution is 0.0727. The molecule has 3 aromatic heterocycles. The first-order valence-corrected chi connectivity index (χ1v) is 8.01. The standard InChI is InChI=1S/C15H15ClN6O2/c1-8-5-13(23)22-12(18-8)6-10(20-22)11-3-2-4-21(11)15(24)14-9(16)7-17-19-14/h5-7,11,20H,2-4H2,1H3,(H,17,19). The Kier molecular flexibility index (Phi) is 3.42. The van der Waals surface area contributed by atoms with Gasteiger partial charge in [0.05, 0.1) is 23.0 Å². The second-order valence-electron chi connectivity index (χ2n) is 5.89. The summed E-state index contributed by atoms with van der Waals surface area (Å²) < 4.78 is 1.40. The number of H-pyrrole nitrogens is 2. The van der Waals surface area contributed by atoms with Crippen LogP contribution in [0.1, 0.15) is 40.8 Å². The van der Waals surface area contributed by atoms with E-state index in [4.69, 9.17) is 11.6 Å². The van der Waals surface area contributed by atoms with Gasteiger partial charge in [0.2, 0.25) is 0 Å². The smallest absolute Gasteiger partial charge is 0.273 e. The van der Waals surface area contributed by atoms with Crippen molar-refractivity contribution in [2.45, 2.75) is 25.8 Å². The lowest BCUT2D eigenvalue weighted by Gasteiger charge is -2.23. The second-order valence-corrected chi connectivity index (χ2v) is 6.30. The van der Waals surface area contributed by atoms with Crippen LogP contribution in [-0.4, -0.2) is 42.1 Å². The number of amides is 1. The first-order valence-electron chi connectivity index (χ1n) is 7.64. The lowest BCUT2D eigenvalue weighted by atomic mass is 10.1. The molecule has 1 atom stereocenters. The van der Waals surface area contributed by atoms with E-state index in [1.54, 1.807) is 11.8 Å². The molecule has 0 aliphatic carbocycles. The zero-order valence-electron chi connectivity index (χ0n) is 12.9. The van der Waals surface area contributed by atoms with Gasteiger partial charge in [0.1, 0.15) is 5.69 Å². The van der Waals surface area contributed by atoms with Gasteiger partial charge in [-0.05, 0) is 19.8 Å². The third-order valence-electron chi connectivity index (χ3n) is 4.28. The highest BCUT2D eigenvalue weighted by molar-refractivity contribution is 6.33. The minimum atomic E-state index is -0.199. The molecule has 0 aromatic carbocycles.